The lowest BCUT2D eigenvalue weighted by Crippen LogP contribution is -2.44. The molecule has 1 aliphatic heterocycles. The molecule has 9 heteroatoms. The second-order valence-corrected chi connectivity index (χ2v) is 8.49. The van der Waals surface area contributed by atoms with E-state index in [0.29, 0.717) is 16.4 Å². The zero-order valence-electron chi connectivity index (χ0n) is 17.4. The Balaban J connectivity index is 1.61. The number of piperazine rings is 1. The lowest BCUT2D eigenvalue weighted by Gasteiger charge is -2.34. The van der Waals surface area contributed by atoms with Gasteiger partial charge in [-0.3, -0.25) is 0 Å². The van der Waals surface area contributed by atoms with Crippen molar-refractivity contribution < 1.29 is 13.2 Å². The Morgan fingerprint density at radius 3 is 2.47 bits per heavy atom. The number of hydrogen-bond acceptors (Lipinski definition) is 4. The van der Waals surface area contributed by atoms with Gasteiger partial charge in [-0.2, -0.15) is 13.2 Å². The summed E-state index contributed by atoms with van der Waals surface area (Å²) in [4.78, 5) is 12.8. The number of alkyl halides is 3. The van der Waals surface area contributed by atoms with Crippen LogP contribution in [0.4, 0.5) is 18.9 Å². The maximum Gasteiger partial charge on any atom is 0.406 e. The normalized spacial score (nSPS) is 15.7. The number of rotatable bonds is 3. The van der Waals surface area contributed by atoms with E-state index in [9.17, 15) is 13.2 Å². The molecule has 2 aromatic heterocycles. The highest BCUT2D eigenvalue weighted by Gasteiger charge is 2.31. The maximum atomic E-state index is 13.3. The highest BCUT2D eigenvalue weighted by Crippen LogP contribution is 2.36. The van der Waals surface area contributed by atoms with Crippen LogP contribution in [0.25, 0.3) is 33.1 Å². The van der Waals surface area contributed by atoms with E-state index in [1.54, 1.807) is 6.07 Å². The van der Waals surface area contributed by atoms with Gasteiger partial charge in [0.1, 0.15) is 23.9 Å². The van der Waals surface area contributed by atoms with Gasteiger partial charge >= 0.3 is 6.18 Å². The zero-order valence-corrected chi connectivity index (χ0v) is 18.2. The molecule has 0 bridgehead atoms. The van der Waals surface area contributed by atoms with Crippen LogP contribution in [0.15, 0.2) is 48.8 Å². The number of benzene rings is 2. The second kappa shape index (κ2) is 7.94. The molecule has 0 unspecified atom stereocenters. The van der Waals surface area contributed by atoms with Crippen LogP contribution in [-0.4, -0.2) is 58.8 Å². The van der Waals surface area contributed by atoms with E-state index in [1.165, 1.54) is 6.33 Å². The molecule has 166 valence electrons. The first-order valence-corrected chi connectivity index (χ1v) is 10.7. The van der Waals surface area contributed by atoms with Crippen molar-refractivity contribution in [2.45, 2.75) is 12.7 Å². The third-order valence-electron chi connectivity index (χ3n) is 5.98. The van der Waals surface area contributed by atoms with E-state index < -0.39 is 12.7 Å². The summed E-state index contributed by atoms with van der Waals surface area (Å²) in [6, 6.07) is 13.7. The third-order valence-corrected chi connectivity index (χ3v) is 6.25. The molecule has 2 aromatic carbocycles. The molecular weight excluding hydrogens is 439 g/mol. The number of hydrogen-bond donors (Lipinski definition) is 0. The summed E-state index contributed by atoms with van der Waals surface area (Å²) >= 11 is 6.19. The van der Waals surface area contributed by atoms with Crippen molar-refractivity contribution in [1.29, 1.82) is 0 Å². The first kappa shape index (κ1) is 21.0. The van der Waals surface area contributed by atoms with E-state index >= 15 is 0 Å². The average Bonchev–Trinajstić information content (AvgIpc) is 3.07. The van der Waals surface area contributed by atoms with Gasteiger partial charge in [-0.15, -0.1) is 0 Å². The van der Waals surface area contributed by atoms with Crippen LogP contribution in [0.3, 0.4) is 0 Å². The summed E-state index contributed by atoms with van der Waals surface area (Å²) in [5.41, 5.74) is 4.10. The van der Waals surface area contributed by atoms with Crippen LogP contribution in [0.5, 0.6) is 0 Å². The summed E-state index contributed by atoms with van der Waals surface area (Å²) < 4.78 is 41.0. The van der Waals surface area contributed by atoms with Gasteiger partial charge in [-0.05, 0) is 42.4 Å². The molecule has 1 aliphatic rings. The lowest BCUT2D eigenvalue weighted by molar-refractivity contribution is -0.139. The van der Waals surface area contributed by atoms with Crippen LogP contribution in [0, 0.1) is 0 Å². The van der Waals surface area contributed by atoms with Crippen LogP contribution in [-0.2, 0) is 6.54 Å². The molecule has 0 radical (unpaired) electrons. The Morgan fingerprint density at radius 2 is 1.72 bits per heavy atom. The van der Waals surface area contributed by atoms with E-state index in [2.05, 4.69) is 38.9 Å². The molecular formula is C23H21ClF3N5. The molecule has 0 atom stereocenters. The van der Waals surface area contributed by atoms with Gasteiger partial charge in [-0.1, -0.05) is 29.8 Å². The third kappa shape index (κ3) is 3.89. The van der Waals surface area contributed by atoms with E-state index in [1.807, 2.05) is 24.3 Å². The molecule has 0 aliphatic carbocycles. The number of nitrogens with zero attached hydrogens (tertiary/aromatic N) is 5. The van der Waals surface area contributed by atoms with Crippen LogP contribution < -0.4 is 4.90 Å². The monoisotopic (exact) mass is 459 g/mol. The number of anilines is 1. The molecule has 0 amide bonds. The quantitative estimate of drug-likeness (QED) is 0.394. The van der Waals surface area contributed by atoms with Crippen molar-refractivity contribution >= 4 is 39.2 Å². The largest absolute Gasteiger partial charge is 0.406 e. The Kier molecular flexibility index (Phi) is 5.22. The lowest BCUT2D eigenvalue weighted by atomic mass is 10.0. The van der Waals surface area contributed by atoms with Crippen molar-refractivity contribution in [3.8, 4) is 11.1 Å². The Morgan fingerprint density at radius 1 is 0.969 bits per heavy atom. The smallest absolute Gasteiger partial charge is 0.369 e. The minimum atomic E-state index is -4.40. The first-order chi connectivity index (χ1) is 15.3. The topological polar surface area (TPSA) is 37.2 Å². The molecule has 5 rings (SSSR count). The molecule has 1 saturated heterocycles. The fourth-order valence-corrected chi connectivity index (χ4v) is 4.58. The standard InChI is InChI=1S/C23H21ClF3N5/c1-30-7-9-31(10-8-30)17-4-2-3-15(11-17)16-5-6-19-18(12-16)20-21(22(24)29-14-28-20)32(19)13-23(25,26)27/h2-6,11-12,14H,7-10,13H2,1H3. The molecule has 3 heterocycles. The maximum absolute atomic E-state index is 13.3. The fourth-order valence-electron chi connectivity index (χ4n) is 4.35. The van der Waals surface area contributed by atoms with Crippen LogP contribution in [0.2, 0.25) is 5.15 Å². The summed E-state index contributed by atoms with van der Waals surface area (Å²) in [6.07, 6.45) is -3.11. The number of fused-ring (bicyclic) bond motifs is 3. The minimum Gasteiger partial charge on any atom is -0.369 e. The molecule has 0 N–H and O–H groups in total. The van der Waals surface area contributed by atoms with Gasteiger partial charge in [0, 0.05) is 37.3 Å². The summed E-state index contributed by atoms with van der Waals surface area (Å²) in [7, 11) is 2.12. The fraction of sp³-hybridized carbons (Fsp3) is 0.304. The predicted molar refractivity (Wildman–Crippen MR) is 121 cm³/mol. The van der Waals surface area contributed by atoms with Gasteiger partial charge in [-0.25, -0.2) is 9.97 Å². The Hall–Kier alpha value is -2.84. The average molecular weight is 460 g/mol. The van der Waals surface area contributed by atoms with Crippen molar-refractivity contribution in [2.75, 3.05) is 38.1 Å². The van der Waals surface area contributed by atoms with Crippen molar-refractivity contribution in [3.63, 3.8) is 0 Å². The molecule has 5 nitrogen and oxygen atoms in total. The second-order valence-electron chi connectivity index (χ2n) is 8.14. The highest BCUT2D eigenvalue weighted by atomic mass is 35.5. The first-order valence-electron chi connectivity index (χ1n) is 10.3. The molecule has 4 aromatic rings. The van der Waals surface area contributed by atoms with Crippen molar-refractivity contribution in [1.82, 2.24) is 19.4 Å². The summed E-state index contributed by atoms with van der Waals surface area (Å²) in [5, 5.41) is 0.630. The summed E-state index contributed by atoms with van der Waals surface area (Å²) in [6.45, 7) is 2.78. The van der Waals surface area contributed by atoms with Gasteiger partial charge in [0.05, 0.1) is 5.52 Å². The van der Waals surface area contributed by atoms with E-state index in [0.717, 1.165) is 47.6 Å². The molecule has 32 heavy (non-hydrogen) atoms. The van der Waals surface area contributed by atoms with E-state index in [4.69, 9.17) is 11.6 Å². The molecule has 0 spiro atoms. The number of halogens is 4. The van der Waals surface area contributed by atoms with Gasteiger partial charge in [0.15, 0.2) is 5.15 Å². The van der Waals surface area contributed by atoms with Crippen molar-refractivity contribution in [2.24, 2.45) is 0 Å². The Labute approximate surface area is 188 Å². The Bertz CT molecular complexity index is 1290. The van der Waals surface area contributed by atoms with Crippen LogP contribution >= 0.6 is 11.6 Å². The minimum absolute atomic E-state index is 0.00839. The SMILES string of the molecule is CN1CCN(c2cccc(-c3ccc4c(c3)c3ncnc(Cl)c3n4CC(F)(F)F)c2)CC1. The predicted octanol–water partition coefficient (Wildman–Crippen LogP) is 5.22. The van der Waals surface area contributed by atoms with E-state index in [-0.39, 0.29) is 10.7 Å². The van der Waals surface area contributed by atoms with Gasteiger partial charge in [0.25, 0.3) is 0 Å². The summed E-state index contributed by atoms with van der Waals surface area (Å²) in [5.74, 6) is 0. The van der Waals surface area contributed by atoms with Gasteiger partial charge < -0.3 is 14.4 Å². The zero-order chi connectivity index (χ0) is 22.5. The van der Waals surface area contributed by atoms with Gasteiger partial charge in [0.2, 0.25) is 0 Å². The molecule has 0 saturated carbocycles. The van der Waals surface area contributed by atoms with Crippen LogP contribution in [0.1, 0.15) is 0 Å². The number of likely N-dealkylation sites (N-methyl/N-ethyl adjacent to an activating group) is 1. The highest BCUT2D eigenvalue weighted by molar-refractivity contribution is 6.34. The molecule has 1 fully saturated rings. The number of aromatic nitrogens is 3. The van der Waals surface area contributed by atoms with Crippen molar-refractivity contribution in [3.05, 3.63) is 53.9 Å².